The van der Waals surface area contributed by atoms with Crippen LogP contribution in [0.15, 0.2) is 29.3 Å². The van der Waals surface area contributed by atoms with E-state index >= 15 is 0 Å². The van der Waals surface area contributed by atoms with Crippen molar-refractivity contribution < 1.29 is 31.4 Å². The van der Waals surface area contributed by atoms with Crippen molar-refractivity contribution in [1.82, 2.24) is 24.1 Å². The van der Waals surface area contributed by atoms with Crippen molar-refractivity contribution in [3.8, 4) is 11.3 Å². The molecule has 4 N–H and O–H groups in total. The van der Waals surface area contributed by atoms with Crippen LogP contribution in [0.4, 0.5) is 19.1 Å². The fourth-order valence-electron chi connectivity index (χ4n) is 2.95. The summed E-state index contributed by atoms with van der Waals surface area (Å²) in [6, 6.07) is 4.23. The Morgan fingerprint density at radius 2 is 2.00 bits per heavy atom. The van der Waals surface area contributed by atoms with Crippen LogP contribution < -0.4 is 10.5 Å². The van der Waals surface area contributed by atoms with Gasteiger partial charge in [0.05, 0.1) is 23.8 Å². The topological polar surface area (TPSA) is 145 Å². The fraction of sp³-hybridized carbons (Fsp3) is 0.353. The van der Waals surface area contributed by atoms with Crippen molar-refractivity contribution in [3.05, 3.63) is 35.8 Å². The third kappa shape index (κ3) is 4.06. The predicted octanol–water partition coefficient (Wildman–Crippen LogP) is 0.740. The summed E-state index contributed by atoms with van der Waals surface area (Å²) in [5.74, 6) is -2.22. The van der Waals surface area contributed by atoms with E-state index in [1.54, 1.807) is 6.92 Å². The van der Waals surface area contributed by atoms with E-state index in [0.717, 1.165) is 4.40 Å². The van der Waals surface area contributed by atoms with Gasteiger partial charge in [-0.3, -0.25) is 4.40 Å². The maximum absolute atomic E-state index is 12.9. The van der Waals surface area contributed by atoms with Crippen molar-refractivity contribution in [2.75, 3.05) is 25.5 Å². The Balaban J connectivity index is 1.71. The molecular weight excluding hydrogens is 441 g/mol. The van der Waals surface area contributed by atoms with Crippen LogP contribution in [0, 0.1) is 6.92 Å². The van der Waals surface area contributed by atoms with Crippen LogP contribution in [0.25, 0.3) is 17.0 Å². The van der Waals surface area contributed by atoms with E-state index in [-0.39, 0.29) is 36.1 Å². The van der Waals surface area contributed by atoms with Gasteiger partial charge in [-0.25, -0.2) is 18.1 Å². The van der Waals surface area contributed by atoms with E-state index in [9.17, 15) is 26.7 Å². The molecule has 1 aliphatic heterocycles. The van der Waals surface area contributed by atoms with Crippen LogP contribution in [0.1, 0.15) is 11.4 Å². The van der Waals surface area contributed by atoms with E-state index in [0.29, 0.717) is 11.1 Å². The molecule has 1 aromatic carbocycles. The summed E-state index contributed by atoms with van der Waals surface area (Å²) in [6.45, 7) is 1.52. The molecule has 14 heteroatoms. The number of hydrogen-bond acceptors (Lipinski definition) is 8. The molecule has 166 valence electrons. The minimum atomic E-state index is -4.80. The number of aryl methyl sites for hydroxylation is 1. The van der Waals surface area contributed by atoms with Gasteiger partial charge in [0.1, 0.15) is 5.60 Å². The molecule has 1 fully saturated rings. The lowest BCUT2D eigenvalue weighted by Gasteiger charge is -2.36. The number of imidazole rings is 1. The fourth-order valence-corrected chi connectivity index (χ4v) is 4.10. The Kier molecular flexibility index (Phi) is 4.92. The van der Waals surface area contributed by atoms with Gasteiger partial charge in [-0.15, -0.1) is 0 Å². The number of aliphatic hydroxyl groups is 1. The number of rotatable bonds is 5. The number of halogens is 3. The highest BCUT2D eigenvalue weighted by Crippen LogP contribution is 2.30. The van der Waals surface area contributed by atoms with Crippen molar-refractivity contribution in [2.24, 2.45) is 0 Å². The molecule has 0 spiro atoms. The second kappa shape index (κ2) is 7.12. The first-order chi connectivity index (χ1) is 14.4. The Morgan fingerprint density at radius 3 is 2.61 bits per heavy atom. The summed E-state index contributed by atoms with van der Waals surface area (Å²) >= 11 is 0. The summed E-state index contributed by atoms with van der Waals surface area (Å²) in [6.07, 6.45) is -3.47. The summed E-state index contributed by atoms with van der Waals surface area (Å²) in [7, 11) is -3.98. The Morgan fingerprint density at radius 1 is 1.29 bits per heavy atom. The molecule has 0 amide bonds. The molecule has 3 aromatic rings. The number of benzene rings is 1. The smallest absolute Gasteiger partial charge is 0.384 e. The maximum atomic E-state index is 12.9. The molecule has 4 rings (SSSR count). The Bertz CT molecular complexity index is 1270. The monoisotopic (exact) mass is 458 g/mol. The molecular formula is C17H17F3N6O4S. The van der Waals surface area contributed by atoms with Gasteiger partial charge in [0, 0.05) is 18.3 Å². The largest absolute Gasteiger partial charge is 0.451 e. The predicted molar refractivity (Wildman–Crippen MR) is 101 cm³/mol. The first-order valence-corrected chi connectivity index (χ1v) is 10.4. The van der Waals surface area contributed by atoms with Gasteiger partial charge in [0.25, 0.3) is 0 Å². The van der Waals surface area contributed by atoms with Crippen molar-refractivity contribution >= 4 is 21.7 Å². The molecule has 0 saturated carbocycles. The number of sulfonamides is 1. The second-order valence-corrected chi connectivity index (χ2v) is 8.98. The molecule has 3 heterocycles. The van der Waals surface area contributed by atoms with Crippen LogP contribution in [-0.2, 0) is 20.9 Å². The van der Waals surface area contributed by atoms with E-state index in [1.807, 2.05) is 0 Å². The van der Waals surface area contributed by atoms with Gasteiger partial charge >= 0.3 is 6.18 Å². The number of hydrogen-bond donors (Lipinski definition) is 3. The summed E-state index contributed by atoms with van der Waals surface area (Å²) < 4.78 is 72.4. The maximum Gasteiger partial charge on any atom is 0.451 e. The highest BCUT2D eigenvalue weighted by atomic mass is 32.2. The van der Waals surface area contributed by atoms with E-state index in [4.69, 9.17) is 10.5 Å². The summed E-state index contributed by atoms with van der Waals surface area (Å²) in [5.41, 5.74) is 5.50. The van der Waals surface area contributed by atoms with Gasteiger partial charge in [-0.1, -0.05) is 6.07 Å². The molecule has 0 radical (unpaired) electrons. The number of aromatic nitrogens is 4. The Hall–Kier alpha value is -2.81. The number of nitrogens with zero attached hydrogens (tertiary/aromatic N) is 4. The van der Waals surface area contributed by atoms with Gasteiger partial charge in [-0.2, -0.15) is 23.1 Å². The lowest BCUT2D eigenvalue weighted by molar-refractivity contribution is -0.172. The molecule has 0 bridgehead atoms. The highest BCUT2D eigenvalue weighted by molar-refractivity contribution is 7.89. The molecule has 10 nitrogen and oxygen atoms in total. The first kappa shape index (κ1) is 21.4. The molecule has 0 aliphatic carbocycles. The molecule has 1 aliphatic rings. The molecule has 31 heavy (non-hydrogen) atoms. The van der Waals surface area contributed by atoms with Gasteiger partial charge in [0.15, 0.2) is 0 Å². The number of ether oxygens (including phenoxy) is 1. The van der Waals surface area contributed by atoms with Crippen LogP contribution in [0.5, 0.6) is 0 Å². The number of alkyl halides is 3. The van der Waals surface area contributed by atoms with Gasteiger partial charge in [0.2, 0.25) is 27.6 Å². The lowest BCUT2D eigenvalue weighted by Crippen LogP contribution is -2.56. The number of anilines is 1. The van der Waals surface area contributed by atoms with Crippen LogP contribution in [0.2, 0.25) is 0 Å². The highest BCUT2D eigenvalue weighted by Gasteiger charge is 2.37. The zero-order valence-electron chi connectivity index (χ0n) is 16.0. The SMILES string of the molecule is Cc1ccc(S(=O)(=O)NCC2(O)COC2)cc1-c1cn2c(N)nc(C(F)(F)F)nc2n1. The summed E-state index contributed by atoms with van der Waals surface area (Å²) in [5, 5.41) is 10.0. The lowest BCUT2D eigenvalue weighted by atomic mass is 10.0. The quantitative estimate of drug-likeness (QED) is 0.508. The van der Waals surface area contributed by atoms with Crippen LogP contribution in [-0.4, -0.2) is 58.2 Å². The van der Waals surface area contributed by atoms with Gasteiger partial charge in [-0.05, 0) is 24.6 Å². The zero-order valence-corrected chi connectivity index (χ0v) is 16.8. The normalized spacial score (nSPS) is 16.4. The average Bonchev–Trinajstić information content (AvgIpc) is 3.09. The standard InChI is InChI=1S/C17H17F3N6O4S/c1-9-2-3-10(31(28,29)22-6-16(27)7-30-8-16)4-11(9)12-5-26-14(21)24-13(17(18,19)20)25-15(26)23-12/h2-5,22,27H,6-8H2,1H3,(H2,21,23,24,25). The van der Waals surface area contributed by atoms with Crippen molar-refractivity contribution in [1.29, 1.82) is 0 Å². The molecule has 1 saturated heterocycles. The third-order valence-electron chi connectivity index (χ3n) is 4.74. The van der Waals surface area contributed by atoms with Crippen molar-refractivity contribution in [3.63, 3.8) is 0 Å². The molecule has 0 unspecified atom stereocenters. The van der Waals surface area contributed by atoms with E-state index in [2.05, 4.69) is 19.7 Å². The van der Waals surface area contributed by atoms with E-state index in [1.165, 1.54) is 24.4 Å². The van der Waals surface area contributed by atoms with E-state index < -0.39 is 33.6 Å². The number of fused-ring (bicyclic) bond motifs is 1. The number of nitrogens with one attached hydrogen (secondary N) is 1. The van der Waals surface area contributed by atoms with Gasteiger partial charge < -0.3 is 15.6 Å². The average molecular weight is 458 g/mol. The first-order valence-electron chi connectivity index (χ1n) is 8.89. The molecule has 0 atom stereocenters. The zero-order chi connectivity index (χ0) is 22.6. The van der Waals surface area contributed by atoms with Crippen LogP contribution in [0.3, 0.4) is 0 Å². The number of nitrogens with two attached hydrogens (primary N) is 1. The van der Waals surface area contributed by atoms with Crippen molar-refractivity contribution in [2.45, 2.75) is 23.6 Å². The van der Waals surface area contributed by atoms with Crippen LogP contribution >= 0.6 is 0 Å². The minimum Gasteiger partial charge on any atom is -0.384 e. The number of nitrogen functional groups attached to an aromatic ring is 1. The second-order valence-electron chi connectivity index (χ2n) is 7.22. The summed E-state index contributed by atoms with van der Waals surface area (Å²) in [4.78, 5) is 10.6. The Labute approximate surface area is 174 Å². The molecule has 2 aromatic heterocycles. The minimum absolute atomic E-state index is 0.0261. The third-order valence-corrected chi connectivity index (χ3v) is 6.14.